The first kappa shape index (κ1) is 33.0. The highest BCUT2D eigenvalue weighted by Gasteiger charge is 2.18. The summed E-state index contributed by atoms with van der Waals surface area (Å²) in [4.78, 5) is 33.1. The van der Waals surface area contributed by atoms with Crippen molar-refractivity contribution in [2.45, 2.75) is 60.3 Å². The monoisotopic (exact) mass is 568 g/mol. The highest BCUT2D eigenvalue weighted by molar-refractivity contribution is 8.04. The second-order valence-corrected chi connectivity index (χ2v) is 12.7. The summed E-state index contributed by atoms with van der Waals surface area (Å²) in [6.45, 7) is 14.1. The van der Waals surface area contributed by atoms with Gasteiger partial charge in [0.1, 0.15) is 0 Å². The molecule has 0 aliphatic rings. The highest BCUT2D eigenvalue weighted by atomic mass is 32.4. The molecule has 0 bridgehead atoms. The predicted molar refractivity (Wildman–Crippen MR) is 157 cm³/mol. The lowest BCUT2D eigenvalue weighted by molar-refractivity contribution is -0.117. The third kappa shape index (κ3) is 12.6. The maximum Gasteiger partial charge on any atom is 0.222 e. The lowest BCUT2D eigenvalue weighted by Crippen LogP contribution is -2.13. The highest BCUT2D eigenvalue weighted by Crippen LogP contribution is 2.23. The Morgan fingerprint density at radius 2 is 1.06 bits per heavy atom. The van der Waals surface area contributed by atoms with E-state index in [0.717, 1.165) is 6.42 Å². The molecule has 9 heteroatoms. The quantitative estimate of drug-likeness (QED) is 0.327. The molecule has 2 rings (SSSR count). The molecule has 0 unspecified atom stereocenters. The van der Waals surface area contributed by atoms with Crippen LogP contribution in [0.25, 0.3) is 0 Å². The van der Waals surface area contributed by atoms with Crippen LogP contribution in [-0.4, -0.2) is 16.6 Å². The Morgan fingerprint density at radius 1 is 0.676 bits per heavy atom. The number of rotatable bonds is 6. The van der Waals surface area contributed by atoms with Gasteiger partial charge in [0.25, 0.3) is 0 Å². The Balaban J connectivity index is 0.000000500. The van der Waals surface area contributed by atoms with E-state index in [1.165, 1.54) is 11.1 Å². The third-order valence-corrected chi connectivity index (χ3v) is 7.67. The van der Waals surface area contributed by atoms with E-state index in [1.807, 2.05) is 69.3 Å². The van der Waals surface area contributed by atoms with Gasteiger partial charge in [0.05, 0.1) is 22.1 Å². The first-order valence-corrected chi connectivity index (χ1v) is 16.3. The van der Waals surface area contributed by atoms with Gasteiger partial charge >= 0.3 is 0 Å². The van der Waals surface area contributed by atoms with Crippen molar-refractivity contribution in [1.82, 2.24) is 0 Å². The Kier molecular flexibility index (Phi) is 15.4. The van der Waals surface area contributed by atoms with Gasteiger partial charge in [-0.05, 0) is 58.4 Å². The van der Waals surface area contributed by atoms with Gasteiger partial charge in [-0.25, -0.2) is 0 Å². The molecule has 0 amide bonds. The molecule has 0 saturated carbocycles. The number of aryl methyl sites for hydroxylation is 1. The molecular weight excluding hydrogens is 537 g/mol. The topological polar surface area (TPSA) is 51.2 Å². The van der Waals surface area contributed by atoms with E-state index in [0.29, 0.717) is 33.2 Å². The molecule has 0 atom stereocenters. The van der Waals surface area contributed by atoms with E-state index < -0.39 is 0 Å². The van der Waals surface area contributed by atoms with Crippen molar-refractivity contribution in [1.29, 1.82) is 0 Å². The molecule has 0 fully saturated rings. The summed E-state index contributed by atoms with van der Waals surface area (Å²) in [6.07, 6.45) is 1.00. The zero-order chi connectivity index (χ0) is 26.5. The number of benzene rings is 2. The lowest BCUT2D eigenvalue weighted by atomic mass is 9.87. The zero-order valence-corrected chi connectivity index (χ0v) is 25.7. The number of hydrogen-bond acceptors (Lipinski definition) is 6. The Morgan fingerprint density at radius 3 is 1.29 bits per heavy atom. The summed E-state index contributed by atoms with van der Waals surface area (Å²) in [5, 5.41) is 0. The Labute approximate surface area is 224 Å². The molecule has 0 aromatic heterocycles. The molecular formula is C25H31O3P3S3. The minimum absolute atomic E-state index is 0.000425. The van der Waals surface area contributed by atoms with Crippen molar-refractivity contribution in [2.75, 3.05) is 0 Å². The minimum atomic E-state index is -0.247. The second-order valence-electron chi connectivity index (χ2n) is 9.32. The second kappa shape index (κ2) is 15.9. The van der Waals surface area contributed by atoms with Gasteiger partial charge in [0.2, 0.25) is 11.0 Å². The summed E-state index contributed by atoms with van der Waals surface area (Å²) < 4.78 is 0. The third-order valence-electron chi connectivity index (χ3n) is 4.50. The average Bonchev–Trinajstić information content (AvgIpc) is 2.82. The fourth-order valence-electron chi connectivity index (χ4n) is 2.24. The van der Waals surface area contributed by atoms with Gasteiger partial charge in [-0.1, -0.05) is 97.0 Å². The van der Waals surface area contributed by atoms with Gasteiger partial charge in [-0.15, -0.1) is 0 Å². The summed E-state index contributed by atoms with van der Waals surface area (Å²) in [5.41, 5.74) is 3.90. The molecule has 182 valence electrons. The zero-order valence-electron chi connectivity index (χ0n) is 20.6. The maximum absolute atomic E-state index is 11.3. The van der Waals surface area contributed by atoms with Crippen LogP contribution in [0.15, 0.2) is 48.5 Å². The molecule has 2 aromatic carbocycles. The van der Waals surface area contributed by atoms with E-state index in [1.54, 1.807) is 0 Å². The van der Waals surface area contributed by atoms with Crippen molar-refractivity contribution in [3.8, 4) is 0 Å². The Bertz CT molecular complexity index is 1000. The predicted octanol–water partition coefficient (Wildman–Crippen LogP) is 8.30. The van der Waals surface area contributed by atoms with Crippen LogP contribution in [0.5, 0.6) is 0 Å². The Hall–Kier alpha value is -0.990. The SMILES string of the molecule is CC(C)(C)C(=O)P=S.CC(C)(C)c1ccc(C(=O)P=S)cc1.CCc1ccc(C(=O)P=S)cc1. The van der Waals surface area contributed by atoms with E-state index >= 15 is 0 Å². The molecule has 0 radical (unpaired) electrons. The summed E-state index contributed by atoms with van der Waals surface area (Å²) >= 11 is 13.9. The maximum atomic E-state index is 11.3. The van der Waals surface area contributed by atoms with Crippen molar-refractivity contribution >= 4 is 74.1 Å². The molecule has 34 heavy (non-hydrogen) atoms. The van der Waals surface area contributed by atoms with Gasteiger partial charge in [-0.3, -0.25) is 14.4 Å². The van der Waals surface area contributed by atoms with Crippen molar-refractivity contribution in [2.24, 2.45) is 5.41 Å². The van der Waals surface area contributed by atoms with Crippen LogP contribution in [0, 0.1) is 5.41 Å². The van der Waals surface area contributed by atoms with Crippen molar-refractivity contribution < 1.29 is 14.4 Å². The van der Waals surface area contributed by atoms with Crippen molar-refractivity contribution in [3.63, 3.8) is 0 Å². The normalized spacial score (nSPS) is 11.1. The molecule has 2 aromatic rings. The van der Waals surface area contributed by atoms with Crippen LogP contribution in [0.1, 0.15) is 80.3 Å². The van der Waals surface area contributed by atoms with Gasteiger partial charge in [-0.2, -0.15) is 0 Å². The molecule has 0 aliphatic heterocycles. The fourth-order valence-corrected chi connectivity index (χ4v) is 4.48. The van der Waals surface area contributed by atoms with E-state index in [4.69, 9.17) is 0 Å². The van der Waals surface area contributed by atoms with Crippen molar-refractivity contribution in [3.05, 3.63) is 70.8 Å². The van der Waals surface area contributed by atoms with Crippen LogP contribution in [0.3, 0.4) is 0 Å². The molecule has 0 spiro atoms. The minimum Gasteiger partial charge on any atom is -0.288 e. The van der Waals surface area contributed by atoms with E-state index in [2.05, 4.69) is 63.1 Å². The standard InChI is InChI=1S/C11H13OPS.C9H9OPS.C5H9OPS/c1-11(2,3)9-6-4-8(5-7-9)10(12)13-14;1-2-7-3-5-8(6-4-7)9(10)11-12;1-5(2,3)4(6)7-8/h4-7H,1-3H3;3-6H,2H2,1H3;1-3H3. The molecule has 0 aliphatic carbocycles. The number of hydrogen-bond donors (Lipinski definition) is 0. The van der Waals surface area contributed by atoms with Gasteiger partial charge in [0.15, 0.2) is 5.52 Å². The van der Waals surface area contributed by atoms with Crippen LogP contribution in [0.2, 0.25) is 0 Å². The van der Waals surface area contributed by atoms with Gasteiger partial charge < -0.3 is 0 Å². The number of carbonyl (C=O) groups is 3. The smallest absolute Gasteiger partial charge is 0.222 e. The largest absolute Gasteiger partial charge is 0.288 e. The van der Waals surface area contributed by atoms with Crippen LogP contribution < -0.4 is 0 Å². The van der Waals surface area contributed by atoms with E-state index in [-0.39, 0.29) is 27.4 Å². The summed E-state index contributed by atoms with van der Waals surface area (Å²) in [6, 6.07) is 15.3. The summed E-state index contributed by atoms with van der Waals surface area (Å²) in [7, 11) is 1.23. The summed E-state index contributed by atoms with van der Waals surface area (Å²) in [5.74, 6) is 0. The van der Waals surface area contributed by atoms with Gasteiger partial charge in [0, 0.05) is 16.5 Å². The number of carbonyl (C=O) groups excluding carboxylic acids is 3. The van der Waals surface area contributed by atoms with Crippen LogP contribution in [0.4, 0.5) is 0 Å². The van der Waals surface area contributed by atoms with Crippen LogP contribution in [-0.2, 0) is 52.1 Å². The first-order valence-electron chi connectivity index (χ1n) is 10.5. The lowest BCUT2D eigenvalue weighted by Gasteiger charge is -2.18. The molecule has 0 N–H and O–H groups in total. The fraction of sp³-hybridized carbons (Fsp3) is 0.400. The molecule has 3 nitrogen and oxygen atoms in total. The van der Waals surface area contributed by atoms with E-state index in [9.17, 15) is 14.4 Å². The average molecular weight is 569 g/mol. The molecule has 0 heterocycles. The molecule has 0 saturated heterocycles. The first-order chi connectivity index (χ1) is 15.7. The van der Waals surface area contributed by atoms with Crippen LogP contribution >= 0.6 is 22.1 Å².